The number of rotatable bonds is 5. The van der Waals surface area contributed by atoms with Crippen molar-refractivity contribution in [2.75, 3.05) is 44.4 Å². The summed E-state index contributed by atoms with van der Waals surface area (Å²) in [5, 5.41) is 22.7. The second kappa shape index (κ2) is 8.58. The summed E-state index contributed by atoms with van der Waals surface area (Å²) in [4.78, 5) is 24.8. The van der Waals surface area contributed by atoms with Gasteiger partial charge in [0.15, 0.2) is 17.2 Å². The summed E-state index contributed by atoms with van der Waals surface area (Å²) in [7, 11) is 5.66. The predicted molar refractivity (Wildman–Crippen MR) is 104 cm³/mol. The minimum atomic E-state index is -0.285. The van der Waals surface area contributed by atoms with E-state index in [0.29, 0.717) is 23.4 Å². The first-order valence-corrected chi connectivity index (χ1v) is 9.02. The average molecular weight is 381 g/mol. The van der Waals surface area contributed by atoms with Crippen molar-refractivity contribution in [2.24, 2.45) is 0 Å². The molecule has 0 atom stereocenters. The number of hydrogen-bond acceptors (Lipinski definition) is 9. The zero-order chi connectivity index (χ0) is 20.1. The standard InChI is InChI=1S/C18H23N9O/c1-20-18(28)17-14(27(3)13-4-6-26(2)7-5-13)8-15(24-25-17)23-16-11-21-12(9-19)10-22-16/h8,10-11,13H,4-7H2,1-3H3,(H,20,28)(H,22,23,24). The normalized spacial score (nSPS) is 14.9. The minimum Gasteiger partial charge on any atom is -0.369 e. The number of nitriles is 1. The van der Waals surface area contributed by atoms with Crippen LogP contribution in [0.25, 0.3) is 0 Å². The molecule has 0 aliphatic carbocycles. The predicted octanol–water partition coefficient (Wildman–Crippen LogP) is 0.772. The summed E-state index contributed by atoms with van der Waals surface area (Å²) in [5.74, 6) is 0.599. The van der Waals surface area contributed by atoms with Crippen molar-refractivity contribution in [1.82, 2.24) is 30.4 Å². The summed E-state index contributed by atoms with van der Waals surface area (Å²) in [6.45, 7) is 2.02. The number of aromatic nitrogens is 4. The van der Waals surface area contributed by atoms with E-state index in [1.54, 1.807) is 13.1 Å². The van der Waals surface area contributed by atoms with Crippen molar-refractivity contribution in [1.29, 1.82) is 5.26 Å². The molecular weight excluding hydrogens is 358 g/mol. The molecule has 2 aromatic heterocycles. The van der Waals surface area contributed by atoms with Gasteiger partial charge in [-0.1, -0.05) is 0 Å². The summed E-state index contributed by atoms with van der Waals surface area (Å²) in [6, 6.07) is 4.02. The topological polar surface area (TPSA) is 123 Å². The second-order valence-corrected chi connectivity index (χ2v) is 6.71. The monoisotopic (exact) mass is 381 g/mol. The molecule has 2 N–H and O–H groups in total. The van der Waals surface area contributed by atoms with Crippen LogP contribution in [-0.2, 0) is 0 Å². The number of carbonyl (C=O) groups is 1. The van der Waals surface area contributed by atoms with E-state index in [1.165, 1.54) is 12.4 Å². The van der Waals surface area contributed by atoms with Crippen LogP contribution >= 0.6 is 0 Å². The Hall–Kier alpha value is -3.32. The molecule has 1 aliphatic rings. The molecule has 0 bridgehead atoms. The molecule has 3 heterocycles. The smallest absolute Gasteiger partial charge is 0.273 e. The Morgan fingerprint density at radius 3 is 2.61 bits per heavy atom. The number of nitrogens with one attached hydrogen (secondary N) is 2. The molecule has 0 saturated carbocycles. The van der Waals surface area contributed by atoms with Crippen LogP contribution in [0, 0.1) is 11.3 Å². The average Bonchev–Trinajstić information content (AvgIpc) is 2.73. The molecule has 0 aromatic carbocycles. The third kappa shape index (κ3) is 4.32. The number of nitrogens with zero attached hydrogens (tertiary/aromatic N) is 7. The quantitative estimate of drug-likeness (QED) is 0.773. The number of carbonyl (C=O) groups excluding carboxylic acids is 1. The number of likely N-dealkylation sites (tertiary alicyclic amines) is 1. The van der Waals surface area contributed by atoms with E-state index in [9.17, 15) is 4.79 Å². The molecule has 2 aromatic rings. The molecule has 0 spiro atoms. The number of hydrogen-bond donors (Lipinski definition) is 2. The molecule has 10 heteroatoms. The fourth-order valence-corrected chi connectivity index (χ4v) is 3.15. The SMILES string of the molecule is CNC(=O)c1nnc(Nc2cnc(C#N)cn2)cc1N(C)C1CCN(C)CC1. The van der Waals surface area contributed by atoms with Gasteiger partial charge in [0.25, 0.3) is 5.91 Å². The molecule has 1 saturated heterocycles. The van der Waals surface area contributed by atoms with Gasteiger partial charge in [-0.15, -0.1) is 10.2 Å². The molecule has 0 radical (unpaired) electrons. The van der Waals surface area contributed by atoms with Crippen molar-refractivity contribution in [3.8, 4) is 6.07 Å². The first-order chi connectivity index (χ1) is 13.5. The Morgan fingerprint density at radius 1 is 1.25 bits per heavy atom. The highest BCUT2D eigenvalue weighted by atomic mass is 16.1. The lowest BCUT2D eigenvalue weighted by Gasteiger charge is -2.36. The zero-order valence-electron chi connectivity index (χ0n) is 16.2. The van der Waals surface area contributed by atoms with Crippen LogP contribution in [0.15, 0.2) is 18.5 Å². The van der Waals surface area contributed by atoms with Gasteiger partial charge < -0.3 is 20.4 Å². The van der Waals surface area contributed by atoms with E-state index in [2.05, 4.69) is 47.6 Å². The number of anilines is 3. The van der Waals surface area contributed by atoms with Crippen LogP contribution < -0.4 is 15.5 Å². The fraction of sp³-hybridized carbons (Fsp3) is 0.444. The Bertz CT molecular complexity index is 870. The molecular formula is C18H23N9O. The van der Waals surface area contributed by atoms with Gasteiger partial charge in [-0.05, 0) is 33.0 Å². The van der Waals surface area contributed by atoms with Gasteiger partial charge in [0.1, 0.15) is 11.9 Å². The highest BCUT2D eigenvalue weighted by Gasteiger charge is 2.25. The summed E-state index contributed by atoms with van der Waals surface area (Å²) in [5.41, 5.74) is 1.21. The third-order valence-electron chi connectivity index (χ3n) is 4.85. The number of piperidine rings is 1. The third-order valence-corrected chi connectivity index (χ3v) is 4.85. The lowest BCUT2D eigenvalue weighted by atomic mass is 10.0. The Kier molecular flexibility index (Phi) is 5.96. The van der Waals surface area contributed by atoms with Crippen molar-refractivity contribution >= 4 is 23.2 Å². The van der Waals surface area contributed by atoms with E-state index < -0.39 is 0 Å². The molecule has 3 rings (SSSR count). The van der Waals surface area contributed by atoms with Crippen LogP contribution in [0.1, 0.15) is 29.0 Å². The van der Waals surface area contributed by atoms with Crippen LogP contribution in [0.4, 0.5) is 17.3 Å². The molecule has 1 aliphatic heterocycles. The first kappa shape index (κ1) is 19.4. The van der Waals surface area contributed by atoms with Crippen molar-refractivity contribution in [3.05, 3.63) is 29.8 Å². The Labute approximate surface area is 163 Å². The van der Waals surface area contributed by atoms with E-state index in [-0.39, 0.29) is 17.3 Å². The van der Waals surface area contributed by atoms with Gasteiger partial charge in [-0.3, -0.25) is 4.79 Å². The van der Waals surface area contributed by atoms with Crippen LogP contribution in [-0.4, -0.2) is 71.2 Å². The highest BCUT2D eigenvalue weighted by molar-refractivity contribution is 5.98. The second-order valence-electron chi connectivity index (χ2n) is 6.71. The van der Waals surface area contributed by atoms with Crippen LogP contribution in [0.5, 0.6) is 0 Å². The van der Waals surface area contributed by atoms with E-state index in [0.717, 1.165) is 25.9 Å². The van der Waals surface area contributed by atoms with Crippen LogP contribution in [0.2, 0.25) is 0 Å². The number of amides is 1. The largest absolute Gasteiger partial charge is 0.369 e. The van der Waals surface area contributed by atoms with E-state index in [1.807, 2.05) is 13.1 Å². The van der Waals surface area contributed by atoms with Gasteiger partial charge in [-0.2, -0.15) is 5.26 Å². The lowest BCUT2D eigenvalue weighted by molar-refractivity contribution is 0.0957. The van der Waals surface area contributed by atoms with Crippen LogP contribution in [0.3, 0.4) is 0 Å². The summed E-state index contributed by atoms with van der Waals surface area (Å²) < 4.78 is 0. The van der Waals surface area contributed by atoms with Gasteiger partial charge in [-0.25, -0.2) is 9.97 Å². The van der Waals surface area contributed by atoms with Gasteiger partial charge in [0.05, 0.1) is 18.1 Å². The zero-order valence-corrected chi connectivity index (χ0v) is 16.2. The molecule has 0 unspecified atom stereocenters. The van der Waals surface area contributed by atoms with Crippen molar-refractivity contribution in [2.45, 2.75) is 18.9 Å². The fourth-order valence-electron chi connectivity index (χ4n) is 3.15. The summed E-state index contributed by atoms with van der Waals surface area (Å²) >= 11 is 0. The lowest BCUT2D eigenvalue weighted by Crippen LogP contribution is -2.42. The molecule has 28 heavy (non-hydrogen) atoms. The maximum atomic E-state index is 12.3. The molecule has 1 fully saturated rings. The highest BCUT2D eigenvalue weighted by Crippen LogP contribution is 2.27. The van der Waals surface area contributed by atoms with Gasteiger partial charge in [0.2, 0.25) is 0 Å². The minimum absolute atomic E-state index is 0.231. The van der Waals surface area contributed by atoms with Crippen molar-refractivity contribution in [3.63, 3.8) is 0 Å². The molecule has 10 nitrogen and oxygen atoms in total. The molecule has 146 valence electrons. The van der Waals surface area contributed by atoms with E-state index in [4.69, 9.17) is 5.26 Å². The maximum absolute atomic E-state index is 12.3. The Balaban J connectivity index is 1.87. The van der Waals surface area contributed by atoms with Gasteiger partial charge in [0, 0.05) is 26.2 Å². The Morgan fingerprint density at radius 2 is 2.00 bits per heavy atom. The first-order valence-electron chi connectivity index (χ1n) is 9.02. The maximum Gasteiger partial charge on any atom is 0.273 e. The van der Waals surface area contributed by atoms with Crippen molar-refractivity contribution < 1.29 is 4.79 Å². The summed E-state index contributed by atoms with van der Waals surface area (Å²) in [6.07, 6.45) is 4.84. The van der Waals surface area contributed by atoms with E-state index >= 15 is 0 Å². The molecule has 1 amide bonds. The van der Waals surface area contributed by atoms with Gasteiger partial charge >= 0.3 is 0 Å².